The molecule has 0 spiro atoms. The number of hydrogen-bond acceptors (Lipinski definition) is 0. The SMILES string of the molecule is CCC1(C)CCC(C)(c2ccccc2)CC1. The van der Waals surface area contributed by atoms with Gasteiger partial charge in [-0.25, -0.2) is 0 Å². The molecule has 0 bridgehead atoms. The van der Waals surface area contributed by atoms with Crippen molar-refractivity contribution in [1.29, 1.82) is 0 Å². The minimum atomic E-state index is 0.427. The van der Waals surface area contributed by atoms with Crippen LogP contribution in [0, 0.1) is 5.41 Å². The maximum Gasteiger partial charge on any atom is -0.00748 e. The van der Waals surface area contributed by atoms with Gasteiger partial charge in [0.15, 0.2) is 0 Å². The first-order valence-corrected chi connectivity index (χ1v) is 6.64. The molecule has 0 nitrogen and oxygen atoms in total. The van der Waals surface area contributed by atoms with E-state index in [4.69, 9.17) is 0 Å². The van der Waals surface area contributed by atoms with Crippen LogP contribution in [0.3, 0.4) is 0 Å². The molecule has 1 aromatic carbocycles. The third-order valence-electron chi connectivity index (χ3n) is 4.88. The third-order valence-corrected chi connectivity index (χ3v) is 4.88. The molecule has 0 unspecified atom stereocenters. The normalized spacial score (nSPS) is 34.9. The summed E-state index contributed by atoms with van der Waals surface area (Å²) >= 11 is 0. The van der Waals surface area contributed by atoms with Gasteiger partial charge in [-0.2, -0.15) is 0 Å². The van der Waals surface area contributed by atoms with Gasteiger partial charge in [-0.1, -0.05) is 57.5 Å². The molecular weight excluding hydrogens is 192 g/mol. The van der Waals surface area contributed by atoms with Crippen molar-refractivity contribution in [1.82, 2.24) is 0 Å². The molecule has 0 heteroatoms. The van der Waals surface area contributed by atoms with Gasteiger partial charge in [0, 0.05) is 0 Å². The summed E-state index contributed by atoms with van der Waals surface area (Å²) in [6, 6.07) is 11.1. The van der Waals surface area contributed by atoms with E-state index in [1.165, 1.54) is 37.7 Å². The molecule has 0 aromatic heterocycles. The quantitative estimate of drug-likeness (QED) is 0.657. The van der Waals surface area contributed by atoms with Crippen LogP contribution in [0.2, 0.25) is 0 Å². The van der Waals surface area contributed by atoms with Crippen LogP contribution in [-0.4, -0.2) is 0 Å². The average Bonchev–Trinajstić information content (AvgIpc) is 2.35. The van der Waals surface area contributed by atoms with E-state index in [9.17, 15) is 0 Å². The Morgan fingerprint density at radius 3 is 2.00 bits per heavy atom. The Morgan fingerprint density at radius 1 is 0.938 bits per heavy atom. The van der Waals surface area contributed by atoms with Crippen LogP contribution < -0.4 is 0 Å². The minimum Gasteiger partial charge on any atom is -0.0649 e. The number of hydrogen-bond donors (Lipinski definition) is 0. The zero-order chi connectivity index (χ0) is 11.6. The van der Waals surface area contributed by atoms with Gasteiger partial charge in [0.1, 0.15) is 0 Å². The Balaban J connectivity index is 2.13. The second kappa shape index (κ2) is 4.24. The van der Waals surface area contributed by atoms with Crippen LogP contribution in [0.1, 0.15) is 58.4 Å². The summed E-state index contributed by atoms with van der Waals surface area (Å²) in [6.07, 6.45) is 6.80. The minimum absolute atomic E-state index is 0.427. The van der Waals surface area contributed by atoms with Gasteiger partial charge >= 0.3 is 0 Å². The van der Waals surface area contributed by atoms with Crippen molar-refractivity contribution in [3.8, 4) is 0 Å². The molecular formula is C16H24. The molecule has 2 rings (SSSR count). The van der Waals surface area contributed by atoms with Gasteiger partial charge in [-0.3, -0.25) is 0 Å². The van der Waals surface area contributed by atoms with Crippen LogP contribution in [0.5, 0.6) is 0 Å². The van der Waals surface area contributed by atoms with Crippen LogP contribution in [0.25, 0.3) is 0 Å². The first-order valence-electron chi connectivity index (χ1n) is 6.64. The Kier molecular flexibility index (Phi) is 3.10. The maximum absolute atomic E-state index is 2.46. The summed E-state index contributed by atoms with van der Waals surface area (Å²) in [7, 11) is 0. The molecule has 1 saturated carbocycles. The van der Waals surface area contributed by atoms with E-state index in [0.29, 0.717) is 10.8 Å². The monoisotopic (exact) mass is 216 g/mol. The van der Waals surface area contributed by atoms with Crippen molar-refractivity contribution < 1.29 is 0 Å². The molecule has 88 valence electrons. The molecule has 0 radical (unpaired) electrons. The molecule has 0 amide bonds. The fraction of sp³-hybridized carbons (Fsp3) is 0.625. The highest BCUT2D eigenvalue weighted by atomic mass is 14.4. The molecule has 1 aliphatic rings. The zero-order valence-electron chi connectivity index (χ0n) is 10.9. The molecule has 1 fully saturated rings. The van der Waals surface area contributed by atoms with Crippen molar-refractivity contribution in [2.24, 2.45) is 5.41 Å². The van der Waals surface area contributed by atoms with Gasteiger partial charge in [0.25, 0.3) is 0 Å². The first kappa shape index (κ1) is 11.7. The van der Waals surface area contributed by atoms with Gasteiger partial charge < -0.3 is 0 Å². The second-order valence-electron chi connectivity index (χ2n) is 6.09. The summed E-state index contributed by atoms with van der Waals surface area (Å²) < 4.78 is 0. The molecule has 0 atom stereocenters. The van der Waals surface area contributed by atoms with Crippen molar-refractivity contribution in [2.75, 3.05) is 0 Å². The summed E-state index contributed by atoms with van der Waals surface area (Å²) in [5, 5.41) is 0. The highest BCUT2D eigenvalue weighted by Gasteiger charge is 2.37. The Hall–Kier alpha value is -0.780. The zero-order valence-corrected chi connectivity index (χ0v) is 10.9. The Morgan fingerprint density at radius 2 is 1.50 bits per heavy atom. The van der Waals surface area contributed by atoms with Gasteiger partial charge in [-0.15, -0.1) is 0 Å². The summed E-state index contributed by atoms with van der Waals surface area (Å²) in [6.45, 7) is 7.24. The van der Waals surface area contributed by atoms with Crippen LogP contribution in [0.15, 0.2) is 30.3 Å². The lowest BCUT2D eigenvalue weighted by Gasteiger charge is -2.43. The molecule has 0 heterocycles. The lowest BCUT2D eigenvalue weighted by atomic mass is 9.62. The predicted molar refractivity (Wildman–Crippen MR) is 70.7 cm³/mol. The lowest BCUT2D eigenvalue weighted by Crippen LogP contribution is -2.33. The Labute approximate surface area is 100 Å². The van der Waals surface area contributed by atoms with Crippen LogP contribution >= 0.6 is 0 Å². The van der Waals surface area contributed by atoms with Gasteiger partial charge in [-0.05, 0) is 42.1 Å². The van der Waals surface area contributed by atoms with E-state index >= 15 is 0 Å². The highest BCUT2D eigenvalue weighted by Crippen LogP contribution is 2.47. The summed E-state index contributed by atoms with van der Waals surface area (Å²) in [5.74, 6) is 0. The molecule has 0 N–H and O–H groups in total. The number of rotatable bonds is 2. The van der Waals surface area contributed by atoms with Crippen molar-refractivity contribution in [3.63, 3.8) is 0 Å². The molecule has 1 aromatic rings. The van der Waals surface area contributed by atoms with Crippen molar-refractivity contribution in [2.45, 2.75) is 58.3 Å². The lowest BCUT2D eigenvalue weighted by molar-refractivity contribution is 0.148. The molecule has 0 saturated heterocycles. The van der Waals surface area contributed by atoms with Crippen molar-refractivity contribution >= 4 is 0 Å². The highest BCUT2D eigenvalue weighted by molar-refractivity contribution is 5.25. The predicted octanol–water partition coefficient (Wildman–Crippen LogP) is 4.93. The summed E-state index contributed by atoms with van der Waals surface area (Å²) in [4.78, 5) is 0. The Bertz CT molecular complexity index is 328. The fourth-order valence-electron chi connectivity index (χ4n) is 2.89. The van der Waals surface area contributed by atoms with Crippen molar-refractivity contribution in [3.05, 3.63) is 35.9 Å². The summed E-state index contributed by atoms with van der Waals surface area (Å²) in [5.41, 5.74) is 2.57. The first-order chi connectivity index (χ1) is 7.58. The second-order valence-corrected chi connectivity index (χ2v) is 6.09. The average molecular weight is 216 g/mol. The molecule has 0 aliphatic heterocycles. The van der Waals surface area contributed by atoms with E-state index in [1.807, 2.05) is 0 Å². The van der Waals surface area contributed by atoms with Crippen LogP contribution in [-0.2, 0) is 5.41 Å². The van der Waals surface area contributed by atoms with E-state index in [0.717, 1.165) is 0 Å². The standard InChI is InChI=1S/C16H24/c1-4-15(2)10-12-16(3,13-11-15)14-8-6-5-7-9-14/h5-9H,4,10-13H2,1-3H3. The number of benzene rings is 1. The topological polar surface area (TPSA) is 0 Å². The van der Waals surface area contributed by atoms with E-state index < -0.39 is 0 Å². The third kappa shape index (κ3) is 2.16. The van der Waals surface area contributed by atoms with E-state index in [-0.39, 0.29) is 0 Å². The van der Waals surface area contributed by atoms with Gasteiger partial charge in [0.2, 0.25) is 0 Å². The molecule has 16 heavy (non-hydrogen) atoms. The van der Waals surface area contributed by atoms with Crippen LogP contribution in [0.4, 0.5) is 0 Å². The van der Waals surface area contributed by atoms with E-state index in [2.05, 4.69) is 51.1 Å². The van der Waals surface area contributed by atoms with E-state index in [1.54, 1.807) is 0 Å². The van der Waals surface area contributed by atoms with Gasteiger partial charge in [0.05, 0.1) is 0 Å². The molecule has 1 aliphatic carbocycles. The largest absolute Gasteiger partial charge is 0.0649 e. The fourth-order valence-corrected chi connectivity index (χ4v) is 2.89. The smallest absolute Gasteiger partial charge is 0.00748 e. The maximum atomic E-state index is 2.46.